The zero-order chi connectivity index (χ0) is 0. The standard InChI is InChI=1S/5H2O.2Ti/h5*1H2;;. The molecule has 0 unspecified atom stereocenters. The van der Waals surface area contributed by atoms with Crippen molar-refractivity contribution in [2.24, 2.45) is 0 Å². The molecule has 0 rings (SSSR count). The van der Waals surface area contributed by atoms with Crippen LogP contribution in [0.5, 0.6) is 0 Å². The van der Waals surface area contributed by atoms with E-state index in [1.165, 1.54) is 0 Å². The van der Waals surface area contributed by atoms with Crippen molar-refractivity contribution in [2.75, 3.05) is 0 Å². The molecule has 7 heteroatoms. The largest absolute Gasteiger partial charge is 0.412 e. The van der Waals surface area contributed by atoms with E-state index >= 15 is 0 Å². The van der Waals surface area contributed by atoms with E-state index in [1.807, 2.05) is 0 Å². The molecule has 0 aromatic carbocycles. The summed E-state index contributed by atoms with van der Waals surface area (Å²) in [6.07, 6.45) is 0. The molecule has 48 valence electrons. The molecular weight excluding hydrogens is 176 g/mol. The Kier molecular flexibility index (Phi) is 7560. The van der Waals surface area contributed by atoms with Crippen LogP contribution < -0.4 is 0 Å². The molecule has 0 heterocycles. The summed E-state index contributed by atoms with van der Waals surface area (Å²) >= 11 is 0. The van der Waals surface area contributed by atoms with Crippen molar-refractivity contribution < 1.29 is 70.8 Å². The smallest absolute Gasteiger partial charge is 0 e. The van der Waals surface area contributed by atoms with E-state index in [4.69, 9.17) is 0 Å². The Labute approximate surface area is 70.8 Å². The summed E-state index contributed by atoms with van der Waals surface area (Å²) in [5.74, 6) is 0. The Morgan fingerprint density at radius 2 is 0.286 bits per heavy atom. The van der Waals surface area contributed by atoms with Crippen LogP contribution >= 0.6 is 0 Å². The third-order valence-electron chi connectivity index (χ3n) is 0. The number of hydrogen-bond donors (Lipinski definition) is 0. The quantitative estimate of drug-likeness (QED) is 0.336. The fourth-order valence-corrected chi connectivity index (χ4v) is 0. The molecule has 0 fully saturated rings. The van der Waals surface area contributed by atoms with Crippen LogP contribution in [0.3, 0.4) is 0 Å². The van der Waals surface area contributed by atoms with Crippen molar-refractivity contribution in [2.45, 2.75) is 0 Å². The second-order valence-corrected chi connectivity index (χ2v) is 0. The van der Waals surface area contributed by atoms with Crippen LogP contribution in [0.25, 0.3) is 0 Å². The van der Waals surface area contributed by atoms with E-state index in [1.54, 1.807) is 0 Å². The molecule has 0 atom stereocenters. The summed E-state index contributed by atoms with van der Waals surface area (Å²) in [5.41, 5.74) is 0. The molecule has 0 radical (unpaired) electrons. The van der Waals surface area contributed by atoms with Gasteiger partial charge in [0, 0.05) is 43.4 Å². The van der Waals surface area contributed by atoms with Crippen molar-refractivity contribution >= 4 is 0 Å². The summed E-state index contributed by atoms with van der Waals surface area (Å²) in [6.45, 7) is 0. The summed E-state index contributed by atoms with van der Waals surface area (Å²) in [5, 5.41) is 0. The molecule has 7 heavy (non-hydrogen) atoms. The van der Waals surface area contributed by atoms with Crippen LogP contribution in [0.1, 0.15) is 0 Å². The predicted octanol–water partition coefficient (Wildman–Crippen LogP) is -4.13. The molecule has 10 N–H and O–H groups in total. The molecule has 0 aromatic heterocycles. The molecule has 0 aliphatic heterocycles. The van der Waals surface area contributed by atoms with Gasteiger partial charge < -0.3 is 27.4 Å². The van der Waals surface area contributed by atoms with E-state index in [0.29, 0.717) is 0 Å². The van der Waals surface area contributed by atoms with Crippen LogP contribution in [0, 0.1) is 0 Å². The average molecular weight is 186 g/mol. The fourth-order valence-electron chi connectivity index (χ4n) is 0. The summed E-state index contributed by atoms with van der Waals surface area (Å²) < 4.78 is 0. The van der Waals surface area contributed by atoms with Crippen LogP contribution in [0.4, 0.5) is 0 Å². The maximum atomic E-state index is 0. The SMILES string of the molecule is O.O.O.O.O.[Ti].[Ti]. The number of hydrogen-bond acceptors (Lipinski definition) is 0. The van der Waals surface area contributed by atoms with Gasteiger partial charge in [-0.2, -0.15) is 0 Å². The molecule has 0 aliphatic carbocycles. The second kappa shape index (κ2) is 186. The van der Waals surface area contributed by atoms with Gasteiger partial charge in [-0.3, -0.25) is 0 Å². The van der Waals surface area contributed by atoms with Crippen molar-refractivity contribution in [3.05, 3.63) is 0 Å². The molecule has 0 saturated heterocycles. The normalized spacial score (nSPS) is 0. The Hall–Kier alpha value is 1.23. The Morgan fingerprint density at radius 3 is 0.286 bits per heavy atom. The molecule has 0 saturated carbocycles. The summed E-state index contributed by atoms with van der Waals surface area (Å²) in [6, 6.07) is 0. The van der Waals surface area contributed by atoms with Gasteiger partial charge in [0.25, 0.3) is 0 Å². The van der Waals surface area contributed by atoms with Crippen molar-refractivity contribution in [3.63, 3.8) is 0 Å². The van der Waals surface area contributed by atoms with Crippen LogP contribution in [0.2, 0.25) is 0 Å². The molecule has 0 spiro atoms. The Morgan fingerprint density at radius 1 is 0.286 bits per heavy atom. The van der Waals surface area contributed by atoms with E-state index in [0.717, 1.165) is 0 Å². The van der Waals surface area contributed by atoms with E-state index < -0.39 is 0 Å². The van der Waals surface area contributed by atoms with Crippen LogP contribution in [-0.2, 0) is 43.4 Å². The third kappa shape index (κ3) is 131. The van der Waals surface area contributed by atoms with Gasteiger partial charge in [0.2, 0.25) is 0 Å². The first-order valence-corrected chi connectivity index (χ1v) is 0. The third-order valence-corrected chi connectivity index (χ3v) is 0. The minimum absolute atomic E-state index is 0. The minimum Gasteiger partial charge on any atom is -0.412 e. The van der Waals surface area contributed by atoms with Gasteiger partial charge in [-0.1, -0.05) is 0 Å². The molecule has 0 bridgehead atoms. The number of rotatable bonds is 0. The first-order valence-electron chi connectivity index (χ1n) is 0. The van der Waals surface area contributed by atoms with Gasteiger partial charge in [0.1, 0.15) is 0 Å². The predicted molar refractivity (Wildman–Crippen MR) is 18.1 cm³/mol. The summed E-state index contributed by atoms with van der Waals surface area (Å²) in [4.78, 5) is 0. The van der Waals surface area contributed by atoms with Gasteiger partial charge in [-0.05, 0) is 0 Å². The summed E-state index contributed by atoms with van der Waals surface area (Å²) in [7, 11) is 0. The van der Waals surface area contributed by atoms with Gasteiger partial charge >= 0.3 is 0 Å². The van der Waals surface area contributed by atoms with E-state index in [2.05, 4.69) is 0 Å². The van der Waals surface area contributed by atoms with Gasteiger partial charge in [0.15, 0.2) is 0 Å². The topological polar surface area (TPSA) is 158 Å². The zero-order valence-corrected chi connectivity index (χ0v) is 6.62. The monoisotopic (exact) mass is 186 g/mol. The Bertz CT molecular complexity index is 6.04. The van der Waals surface area contributed by atoms with Crippen molar-refractivity contribution in [3.8, 4) is 0 Å². The second-order valence-electron chi connectivity index (χ2n) is 0. The van der Waals surface area contributed by atoms with E-state index in [-0.39, 0.29) is 70.8 Å². The maximum absolute atomic E-state index is 0. The van der Waals surface area contributed by atoms with Gasteiger partial charge in [0.05, 0.1) is 0 Å². The van der Waals surface area contributed by atoms with Gasteiger partial charge in [-0.15, -0.1) is 0 Å². The first kappa shape index (κ1) is 285. The van der Waals surface area contributed by atoms with Crippen LogP contribution in [0.15, 0.2) is 0 Å². The molecule has 0 aromatic rings. The van der Waals surface area contributed by atoms with Crippen LogP contribution in [-0.4, -0.2) is 27.4 Å². The maximum Gasteiger partial charge on any atom is 0 e. The van der Waals surface area contributed by atoms with Crippen molar-refractivity contribution in [1.29, 1.82) is 0 Å². The molecule has 5 nitrogen and oxygen atoms in total. The van der Waals surface area contributed by atoms with Crippen molar-refractivity contribution in [1.82, 2.24) is 0 Å². The molecule has 0 aliphatic rings. The zero-order valence-electron chi connectivity index (χ0n) is 3.50. The Balaban J connectivity index is 0. The first-order chi connectivity index (χ1) is 0. The minimum atomic E-state index is 0. The van der Waals surface area contributed by atoms with Gasteiger partial charge in [-0.25, -0.2) is 0 Å². The fraction of sp³-hybridized carbons (Fsp3) is 0. The molecule has 0 amide bonds. The average Bonchev–Trinajstić information content (AvgIpc) is 0. The van der Waals surface area contributed by atoms with E-state index in [9.17, 15) is 0 Å². The molecular formula is H10O5Ti2.